The van der Waals surface area contributed by atoms with Crippen molar-refractivity contribution in [3.63, 3.8) is 0 Å². The topological polar surface area (TPSA) is 61.4 Å². The summed E-state index contributed by atoms with van der Waals surface area (Å²) in [7, 11) is 0. The Labute approximate surface area is 144 Å². The molecule has 2 aliphatic heterocycles. The zero-order valence-corrected chi connectivity index (χ0v) is 14.7. The highest BCUT2D eigenvalue weighted by atomic mass is 16.2. The standard InChI is InChI=1S/C19H31N3O2/c23-17(16-6-3-9-20-16)21-12-14-5-4-10-22(13-14)18(24)15-11-19(15)7-1-2-8-19/h14-16,20H,1-13H2,(H,21,23). The molecule has 3 atom stereocenters. The molecule has 2 N–H and O–H groups in total. The van der Waals surface area contributed by atoms with E-state index in [2.05, 4.69) is 15.5 Å². The van der Waals surface area contributed by atoms with Crippen LogP contribution in [-0.4, -0.2) is 48.9 Å². The second-order valence-electron chi connectivity index (χ2n) is 8.51. The monoisotopic (exact) mass is 333 g/mol. The molecule has 0 aromatic carbocycles. The summed E-state index contributed by atoms with van der Waals surface area (Å²) in [6.45, 7) is 3.42. The van der Waals surface area contributed by atoms with Crippen LogP contribution in [0.4, 0.5) is 0 Å². The Bertz CT molecular complexity index is 495. The molecule has 4 aliphatic rings. The number of amides is 2. The minimum atomic E-state index is 0.0000133. The first-order valence-electron chi connectivity index (χ1n) is 9.98. The quantitative estimate of drug-likeness (QED) is 0.823. The van der Waals surface area contributed by atoms with Crippen molar-refractivity contribution >= 4 is 11.8 Å². The normalized spacial score (nSPS) is 34.5. The van der Waals surface area contributed by atoms with Gasteiger partial charge in [0.05, 0.1) is 6.04 Å². The molecule has 3 unspecified atom stereocenters. The smallest absolute Gasteiger partial charge is 0.237 e. The predicted molar refractivity (Wildman–Crippen MR) is 92.3 cm³/mol. The minimum absolute atomic E-state index is 0.0000133. The van der Waals surface area contributed by atoms with E-state index in [4.69, 9.17) is 0 Å². The lowest BCUT2D eigenvalue weighted by Crippen LogP contribution is -2.47. The van der Waals surface area contributed by atoms with E-state index in [0.717, 1.165) is 58.3 Å². The second-order valence-corrected chi connectivity index (χ2v) is 8.51. The Morgan fingerprint density at radius 3 is 2.71 bits per heavy atom. The molecule has 0 aromatic rings. The number of carbonyl (C=O) groups is 2. The van der Waals surface area contributed by atoms with Gasteiger partial charge in [0.1, 0.15) is 0 Å². The molecule has 0 aromatic heterocycles. The summed E-state index contributed by atoms with van der Waals surface area (Å²) in [6.07, 6.45) is 10.5. The van der Waals surface area contributed by atoms with Gasteiger partial charge in [-0.25, -0.2) is 0 Å². The molecule has 24 heavy (non-hydrogen) atoms. The van der Waals surface area contributed by atoms with Crippen LogP contribution >= 0.6 is 0 Å². The van der Waals surface area contributed by atoms with E-state index >= 15 is 0 Å². The molecule has 4 fully saturated rings. The number of carbonyl (C=O) groups excluding carboxylic acids is 2. The fourth-order valence-corrected chi connectivity index (χ4v) is 5.26. The van der Waals surface area contributed by atoms with Crippen LogP contribution in [0.3, 0.4) is 0 Å². The molecule has 2 amide bonds. The van der Waals surface area contributed by atoms with Crippen molar-refractivity contribution in [3.8, 4) is 0 Å². The lowest BCUT2D eigenvalue weighted by Gasteiger charge is -2.33. The van der Waals surface area contributed by atoms with Crippen LogP contribution in [0, 0.1) is 17.3 Å². The van der Waals surface area contributed by atoms with Gasteiger partial charge in [-0.3, -0.25) is 9.59 Å². The number of piperidine rings is 1. The lowest BCUT2D eigenvalue weighted by atomic mass is 9.96. The van der Waals surface area contributed by atoms with Crippen LogP contribution in [0.15, 0.2) is 0 Å². The van der Waals surface area contributed by atoms with Crippen molar-refractivity contribution in [1.29, 1.82) is 0 Å². The number of hydrogen-bond acceptors (Lipinski definition) is 3. The van der Waals surface area contributed by atoms with E-state index in [-0.39, 0.29) is 11.9 Å². The molecule has 2 aliphatic carbocycles. The maximum atomic E-state index is 12.8. The molecule has 4 rings (SSSR count). The average molecular weight is 333 g/mol. The largest absolute Gasteiger partial charge is 0.354 e. The summed E-state index contributed by atoms with van der Waals surface area (Å²) >= 11 is 0. The zero-order chi connectivity index (χ0) is 16.6. The van der Waals surface area contributed by atoms with Crippen LogP contribution in [0.25, 0.3) is 0 Å². The van der Waals surface area contributed by atoms with Crippen molar-refractivity contribution < 1.29 is 9.59 Å². The summed E-state index contributed by atoms with van der Waals surface area (Å²) in [5.74, 6) is 1.29. The molecule has 2 saturated carbocycles. The third kappa shape index (κ3) is 3.19. The highest BCUT2D eigenvalue weighted by molar-refractivity contribution is 5.83. The van der Waals surface area contributed by atoms with Gasteiger partial charge >= 0.3 is 0 Å². The SMILES string of the molecule is O=C(NCC1CCCN(C(=O)C2CC23CCCC3)C1)C1CCCN1. The highest BCUT2D eigenvalue weighted by Gasteiger charge is 2.59. The first-order chi connectivity index (χ1) is 11.7. The number of nitrogens with zero attached hydrogens (tertiary/aromatic N) is 1. The molecule has 2 saturated heterocycles. The molecular formula is C19H31N3O2. The Hall–Kier alpha value is -1.10. The lowest BCUT2D eigenvalue weighted by molar-refractivity contribution is -0.135. The van der Waals surface area contributed by atoms with Crippen molar-refractivity contribution in [2.24, 2.45) is 17.3 Å². The predicted octanol–water partition coefficient (Wildman–Crippen LogP) is 1.67. The molecule has 1 spiro atoms. The van der Waals surface area contributed by atoms with Crippen molar-refractivity contribution in [2.75, 3.05) is 26.2 Å². The highest BCUT2D eigenvalue weighted by Crippen LogP contribution is 2.63. The number of hydrogen-bond donors (Lipinski definition) is 2. The Morgan fingerprint density at radius 2 is 1.96 bits per heavy atom. The number of likely N-dealkylation sites (tertiary alicyclic amines) is 1. The second kappa shape index (κ2) is 6.66. The van der Waals surface area contributed by atoms with E-state index in [0.29, 0.717) is 23.2 Å². The Morgan fingerprint density at radius 1 is 1.12 bits per heavy atom. The van der Waals surface area contributed by atoms with Gasteiger partial charge in [0.2, 0.25) is 11.8 Å². The van der Waals surface area contributed by atoms with Gasteiger partial charge in [0.15, 0.2) is 0 Å². The first-order valence-corrected chi connectivity index (χ1v) is 9.98. The van der Waals surface area contributed by atoms with Gasteiger partial charge in [-0.2, -0.15) is 0 Å². The zero-order valence-electron chi connectivity index (χ0n) is 14.7. The maximum absolute atomic E-state index is 12.8. The van der Waals surface area contributed by atoms with E-state index in [1.807, 2.05) is 0 Å². The van der Waals surface area contributed by atoms with E-state index < -0.39 is 0 Å². The molecule has 5 heteroatoms. The van der Waals surface area contributed by atoms with Crippen molar-refractivity contribution in [1.82, 2.24) is 15.5 Å². The minimum Gasteiger partial charge on any atom is -0.354 e. The van der Waals surface area contributed by atoms with Gasteiger partial charge in [0.25, 0.3) is 0 Å². The summed E-state index contributed by atoms with van der Waals surface area (Å²) in [5, 5.41) is 6.35. The third-order valence-electron chi connectivity index (χ3n) is 6.86. The van der Waals surface area contributed by atoms with Gasteiger partial charge in [-0.1, -0.05) is 12.8 Å². The summed E-state index contributed by atoms with van der Waals surface area (Å²) in [6, 6.07) is 0.0000133. The van der Waals surface area contributed by atoms with Crippen LogP contribution in [0.2, 0.25) is 0 Å². The van der Waals surface area contributed by atoms with E-state index in [1.54, 1.807) is 0 Å². The summed E-state index contributed by atoms with van der Waals surface area (Å²) in [4.78, 5) is 27.1. The third-order valence-corrected chi connectivity index (χ3v) is 6.86. The molecule has 5 nitrogen and oxygen atoms in total. The Balaban J connectivity index is 1.25. The van der Waals surface area contributed by atoms with Crippen molar-refractivity contribution in [2.45, 2.75) is 63.8 Å². The molecule has 2 heterocycles. The fourth-order valence-electron chi connectivity index (χ4n) is 5.26. The molecule has 134 valence electrons. The molecule has 0 bridgehead atoms. The molecular weight excluding hydrogens is 302 g/mol. The van der Waals surface area contributed by atoms with E-state index in [9.17, 15) is 9.59 Å². The van der Waals surface area contributed by atoms with Crippen LogP contribution in [-0.2, 0) is 9.59 Å². The molecule has 0 radical (unpaired) electrons. The fraction of sp³-hybridized carbons (Fsp3) is 0.895. The first kappa shape index (κ1) is 16.4. The summed E-state index contributed by atoms with van der Waals surface area (Å²) < 4.78 is 0. The Kier molecular flexibility index (Phi) is 4.54. The van der Waals surface area contributed by atoms with Gasteiger partial charge < -0.3 is 15.5 Å². The van der Waals surface area contributed by atoms with Gasteiger partial charge in [-0.05, 0) is 62.8 Å². The number of rotatable bonds is 4. The summed E-state index contributed by atoms with van der Waals surface area (Å²) in [5.41, 5.74) is 0.395. The van der Waals surface area contributed by atoms with Crippen LogP contribution < -0.4 is 10.6 Å². The average Bonchev–Trinajstić information content (AvgIpc) is 3.00. The maximum Gasteiger partial charge on any atom is 0.237 e. The number of nitrogens with one attached hydrogen (secondary N) is 2. The van der Waals surface area contributed by atoms with Crippen molar-refractivity contribution in [3.05, 3.63) is 0 Å². The van der Waals surface area contributed by atoms with Crippen LogP contribution in [0.5, 0.6) is 0 Å². The van der Waals surface area contributed by atoms with Gasteiger partial charge in [-0.15, -0.1) is 0 Å². The van der Waals surface area contributed by atoms with Crippen LogP contribution in [0.1, 0.15) is 57.8 Å². The van der Waals surface area contributed by atoms with E-state index in [1.165, 1.54) is 25.7 Å². The van der Waals surface area contributed by atoms with Gasteiger partial charge in [0, 0.05) is 25.6 Å².